The Morgan fingerprint density at radius 1 is 1.29 bits per heavy atom. The van der Waals surface area contributed by atoms with Crippen molar-refractivity contribution in [1.29, 1.82) is 0 Å². The van der Waals surface area contributed by atoms with Crippen LogP contribution in [0.3, 0.4) is 0 Å². The Kier molecular flexibility index (Phi) is 3.03. The number of nitrogens with one attached hydrogen (secondary N) is 1. The first kappa shape index (κ1) is 9.93. The second-order valence-electron chi connectivity index (χ2n) is 3.17. The minimum atomic E-state index is -2.37. The van der Waals surface area contributed by atoms with Crippen molar-refractivity contribution in [3.05, 3.63) is 35.4 Å². The van der Waals surface area contributed by atoms with Crippen LogP contribution in [0.5, 0.6) is 0 Å². The summed E-state index contributed by atoms with van der Waals surface area (Å²) in [5, 5.41) is 3.58. The molecule has 76 valence electrons. The Balaban J connectivity index is 2.12. The largest absolute Gasteiger partial charge is 0.301 e. The monoisotopic (exact) mass is 215 g/mol. The van der Waals surface area contributed by atoms with Crippen LogP contribution in [0.25, 0.3) is 0 Å². The highest BCUT2D eigenvalue weighted by molar-refractivity contribution is 7.99. The van der Waals surface area contributed by atoms with Gasteiger partial charge in [-0.1, -0.05) is 24.3 Å². The van der Waals surface area contributed by atoms with Crippen LogP contribution in [0.4, 0.5) is 8.78 Å². The van der Waals surface area contributed by atoms with E-state index in [4.69, 9.17) is 0 Å². The van der Waals surface area contributed by atoms with Crippen LogP contribution in [0, 0.1) is 0 Å². The van der Waals surface area contributed by atoms with Crippen molar-refractivity contribution in [2.45, 2.75) is 11.8 Å². The van der Waals surface area contributed by atoms with Crippen LogP contribution in [0.1, 0.15) is 22.9 Å². The smallest absolute Gasteiger partial charge is 0.263 e. The number of hydrogen-bond acceptors (Lipinski definition) is 2. The van der Waals surface area contributed by atoms with E-state index in [-0.39, 0.29) is 10.9 Å². The fourth-order valence-electron chi connectivity index (χ4n) is 1.46. The molecule has 0 saturated carbocycles. The quantitative estimate of drug-likeness (QED) is 0.814. The lowest BCUT2D eigenvalue weighted by Gasteiger charge is -2.10. The molecule has 1 atom stereocenters. The Morgan fingerprint density at radius 2 is 2.00 bits per heavy atom. The van der Waals surface area contributed by atoms with Crippen LogP contribution in [0.15, 0.2) is 24.3 Å². The number of benzene rings is 1. The van der Waals surface area contributed by atoms with Crippen molar-refractivity contribution in [2.75, 3.05) is 12.3 Å². The van der Waals surface area contributed by atoms with Gasteiger partial charge in [-0.25, -0.2) is 8.78 Å². The van der Waals surface area contributed by atoms with E-state index in [9.17, 15) is 8.78 Å². The van der Waals surface area contributed by atoms with Crippen LogP contribution >= 0.6 is 11.8 Å². The Labute approximate surface area is 85.9 Å². The maximum atomic E-state index is 12.3. The predicted molar refractivity (Wildman–Crippen MR) is 54.6 cm³/mol. The highest BCUT2D eigenvalue weighted by Crippen LogP contribution is 2.30. The first-order valence-electron chi connectivity index (χ1n) is 4.50. The van der Waals surface area contributed by atoms with Crippen molar-refractivity contribution in [2.24, 2.45) is 0 Å². The molecule has 4 heteroatoms. The van der Waals surface area contributed by atoms with Gasteiger partial charge in [0, 0.05) is 17.9 Å². The first-order valence-corrected chi connectivity index (χ1v) is 5.55. The van der Waals surface area contributed by atoms with Gasteiger partial charge < -0.3 is 5.32 Å². The van der Waals surface area contributed by atoms with Gasteiger partial charge in [0.25, 0.3) is 6.43 Å². The summed E-state index contributed by atoms with van der Waals surface area (Å²) in [4.78, 5) is 0. The van der Waals surface area contributed by atoms with E-state index in [1.165, 1.54) is 12.1 Å². The molecule has 14 heavy (non-hydrogen) atoms. The number of hydrogen-bond donors (Lipinski definition) is 1. The van der Waals surface area contributed by atoms with Gasteiger partial charge in [0.2, 0.25) is 0 Å². The maximum Gasteiger partial charge on any atom is 0.263 e. The third kappa shape index (κ3) is 2.07. The van der Waals surface area contributed by atoms with E-state index >= 15 is 0 Å². The van der Waals surface area contributed by atoms with Crippen molar-refractivity contribution < 1.29 is 8.78 Å². The summed E-state index contributed by atoms with van der Waals surface area (Å²) in [6.45, 7) is 0.992. The van der Waals surface area contributed by atoms with Crippen LogP contribution in [-0.2, 0) is 0 Å². The zero-order chi connectivity index (χ0) is 9.97. The second kappa shape index (κ2) is 4.28. The van der Waals surface area contributed by atoms with Gasteiger partial charge >= 0.3 is 0 Å². The molecule has 1 aromatic rings. The SMILES string of the molecule is FC(F)c1ccc(C2NCCS2)cc1. The first-order chi connectivity index (χ1) is 6.77. The molecule has 1 aliphatic heterocycles. The Hall–Kier alpha value is -0.610. The second-order valence-corrected chi connectivity index (χ2v) is 4.39. The van der Waals surface area contributed by atoms with Crippen molar-refractivity contribution in [3.63, 3.8) is 0 Å². The minimum absolute atomic E-state index is 0.0942. The van der Waals surface area contributed by atoms with Gasteiger partial charge in [-0.3, -0.25) is 0 Å². The molecule has 0 radical (unpaired) electrons. The zero-order valence-electron chi connectivity index (χ0n) is 7.54. The lowest BCUT2D eigenvalue weighted by molar-refractivity contribution is 0.151. The van der Waals surface area contributed by atoms with Gasteiger partial charge in [-0.2, -0.15) is 0 Å². The summed E-state index contributed by atoms with van der Waals surface area (Å²) in [5.41, 5.74) is 1.17. The van der Waals surface area contributed by atoms with Crippen molar-refractivity contribution in [3.8, 4) is 0 Å². The number of alkyl halides is 2. The van der Waals surface area contributed by atoms with E-state index in [2.05, 4.69) is 5.32 Å². The molecule has 0 aliphatic carbocycles. The molecule has 0 spiro atoms. The summed E-state index contributed by atoms with van der Waals surface area (Å²) >= 11 is 1.81. The molecule has 1 fully saturated rings. The Morgan fingerprint density at radius 3 is 2.50 bits per heavy atom. The summed E-state index contributed by atoms with van der Waals surface area (Å²) in [6, 6.07) is 6.55. The predicted octanol–water partition coefficient (Wildman–Crippen LogP) is 2.96. The van der Waals surface area contributed by atoms with E-state index in [0.29, 0.717) is 0 Å². The van der Waals surface area contributed by atoms with Crippen molar-refractivity contribution in [1.82, 2.24) is 5.32 Å². The number of rotatable bonds is 2. The van der Waals surface area contributed by atoms with Gasteiger partial charge in [-0.05, 0) is 5.56 Å². The minimum Gasteiger partial charge on any atom is -0.301 e. The van der Waals surface area contributed by atoms with Gasteiger partial charge in [0.1, 0.15) is 0 Å². The molecule has 1 aliphatic rings. The fourth-order valence-corrected chi connectivity index (χ4v) is 2.51. The molecule has 0 bridgehead atoms. The fraction of sp³-hybridized carbons (Fsp3) is 0.400. The molecule has 1 aromatic carbocycles. The highest BCUT2D eigenvalue weighted by atomic mass is 32.2. The normalized spacial score (nSPS) is 21.8. The summed E-state index contributed by atoms with van der Waals surface area (Å²) < 4.78 is 24.5. The lowest BCUT2D eigenvalue weighted by Crippen LogP contribution is -2.11. The Bertz CT molecular complexity index is 293. The molecular formula is C10H11F2NS. The summed E-state index contributed by atoms with van der Waals surface area (Å²) in [5.74, 6) is 1.08. The third-order valence-electron chi connectivity index (χ3n) is 2.21. The maximum absolute atomic E-state index is 12.3. The molecule has 1 nitrogen and oxygen atoms in total. The third-order valence-corrected chi connectivity index (χ3v) is 3.42. The molecule has 1 saturated heterocycles. The molecule has 2 rings (SSSR count). The number of halogens is 2. The molecule has 1 unspecified atom stereocenters. The van der Waals surface area contributed by atoms with E-state index < -0.39 is 6.43 Å². The van der Waals surface area contributed by atoms with E-state index in [1.54, 1.807) is 12.1 Å². The standard InChI is InChI=1S/C10H11F2NS/c11-9(12)7-1-3-8(4-2-7)10-13-5-6-14-10/h1-4,9-10,13H,5-6H2. The average molecular weight is 215 g/mol. The highest BCUT2D eigenvalue weighted by Gasteiger charge is 2.16. The van der Waals surface area contributed by atoms with Gasteiger partial charge in [-0.15, -0.1) is 11.8 Å². The lowest BCUT2D eigenvalue weighted by atomic mass is 10.1. The molecular weight excluding hydrogens is 204 g/mol. The average Bonchev–Trinajstić information content (AvgIpc) is 2.71. The van der Waals surface area contributed by atoms with Crippen molar-refractivity contribution >= 4 is 11.8 Å². The molecule has 1 heterocycles. The van der Waals surface area contributed by atoms with E-state index in [0.717, 1.165) is 17.9 Å². The molecule has 0 amide bonds. The summed E-state index contributed by atoms with van der Waals surface area (Å²) in [6.07, 6.45) is -2.37. The number of thioether (sulfide) groups is 1. The van der Waals surface area contributed by atoms with Crippen LogP contribution < -0.4 is 5.32 Å². The van der Waals surface area contributed by atoms with E-state index in [1.807, 2.05) is 11.8 Å². The zero-order valence-corrected chi connectivity index (χ0v) is 8.36. The molecule has 0 aromatic heterocycles. The van der Waals surface area contributed by atoms with Crippen LogP contribution in [-0.4, -0.2) is 12.3 Å². The topological polar surface area (TPSA) is 12.0 Å². The summed E-state index contributed by atoms with van der Waals surface area (Å²) in [7, 11) is 0. The van der Waals surface area contributed by atoms with Gasteiger partial charge in [0.05, 0.1) is 5.37 Å². The van der Waals surface area contributed by atoms with Crippen LogP contribution in [0.2, 0.25) is 0 Å². The van der Waals surface area contributed by atoms with Gasteiger partial charge in [0.15, 0.2) is 0 Å². The molecule has 1 N–H and O–H groups in total.